The van der Waals surface area contributed by atoms with E-state index in [2.05, 4.69) is 0 Å². The van der Waals surface area contributed by atoms with Gasteiger partial charge < -0.3 is 0 Å². The predicted molar refractivity (Wildman–Crippen MR) is 91.3 cm³/mol. The summed E-state index contributed by atoms with van der Waals surface area (Å²) in [4.78, 5) is 16.2. The van der Waals surface area contributed by atoms with Gasteiger partial charge in [-0.25, -0.2) is 8.42 Å². The maximum absolute atomic E-state index is 13.3. The molecule has 2 aliphatic heterocycles. The van der Waals surface area contributed by atoms with Crippen molar-refractivity contribution in [1.29, 1.82) is 0 Å². The van der Waals surface area contributed by atoms with Crippen LogP contribution in [0.5, 0.6) is 0 Å². The van der Waals surface area contributed by atoms with Crippen molar-refractivity contribution in [3.05, 3.63) is 34.4 Å². The Bertz CT molecular complexity index is 767. The lowest BCUT2D eigenvalue weighted by Gasteiger charge is -2.38. The maximum Gasteiger partial charge on any atom is 0.289 e. The van der Waals surface area contributed by atoms with Crippen LogP contribution in [-0.4, -0.2) is 54.5 Å². The Morgan fingerprint density at radius 2 is 2.00 bits per heavy atom. The molecule has 9 heteroatoms. The third-order valence-corrected chi connectivity index (χ3v) is 6.96. The first-order valence-corrected chi connectivity index (χ1v) is 9.82. The van der Waals surface area contributed by atoms with Gasteiger partial charge >= 0.3 is 0 Å². The van der Waals surface area contributed by atoms with Crippen LogP contribution < -0.4 is 0 Å². The van der Waals surface area contributed by atoms with E-state index in [0.29, 0.717) is 13.0 Å². The molecule has 2 saturated heterocycles. The molecular weight excluding hydrogens is 346 g/mol. The molecule has 138 valence electrons. The average molecular weight is 369 g/mol. The minimum absolute atomic E-state index is 0.0118. The van der Waals surface area contributed by atoms with Crippen LogP contribution in [0.3, 0.4) is 0 Å². The number of rotatable bonds is 4. The summed E-state index contributed by atoms with van der Waals surface area (Å²) in [6.07, 6.45) is 1.33. The molecule has 2 fully saturated rings. The second-order valence-corrected chi connectivity index (χ2v) is 8.80. The Morgan fingerprint density at radius 1 is 1.32 bits per heavy atom. The molecule has 1 aromatic carbocycles. The van der Waals surface area contributed by atoms with Crippen LogP contribution in [-0.2, 0) is 14.9 Å². The van der Waals surface area contributed by atoms with Crippen LogP contribution >= 0.6 is 0 Å². The summed E-state index contributed by atoms with van der Waals surface area (Å²) in [7, 11) is -2.17. The van der Waals surface area contributed by atoms with E-state index < -0.39 is 14.9 Å². The van der Waals surface area contributed by atoms with Gasteiger partial charge in [-0.3, -0.25) is 15.0 Å². The highest BCUT2D eigenvalue weighted by atomic mass is 32.2. The molecule has 3 rings (SSSR count). The van der Waals surface area contributed by atoms with Crippen LogP contribution in [0.15, 0.2) is 29.2 Å². The van der Waals surface area contributed by atoms with Crippen LogP contribution in [0, 0.1) is 16.0 Å². The summed E-state index contributed by atoms with van der Waals surface area (Å²) in [5, 5.41) is 13.1. The molecule has 25 heavy (non-hydrogen) atoms. The number of para-hydroxylation sites is 1. The van der Waals surface area contributed by atoms with Crippen molar-refractivity contribution in [3.63, 3.8) is 0 Å². The van der Waals surface area contributed by atoms with Gasteiger partial charge in [0.05, 0.1) is 17.1 Å². The van der Waals surface area contributed by atoms with Crippen molar-refractivity contribution in [2.45, 2.75) is 49.8 Å². The second-order valence-electron chi connectivity index (χ2n) is 6.94. The van der Waals surface area contributed by atoms with Crippen molar-refractivity contribution < 1.29 is 18.2 Å². The molecule has 0 radical (unpaired) electrons. The van der Waals surface area contributed by atoms with Gasteiger partial charge in [0.1, 0.15) is 0 Å². The number of sulfonamides is 1. The van der Waals surface area contributed by atoms with E-state index in [1.54, 1.807) is 5.06 Å². The molecule has 0 aliphatic carbocycles. The van der Waals surface area contributed by atoms with Crippen molar-refractivity contribution in [3.8, 4) is 0 Å². The summed E-state index contributed by atoms with van der Waals surface area (Å²) < 4.78 is 28.1. The molecule has 8 nitrogen and oxygen atoms in total. The smallest absolute Gasteiger partial charge is 0.289 e. The molecule has 0 aromatic heterocycles. The van der Waals surface area contributed by atoms with E-state index >= 15 is 0 Å². The average Bonchev–Trinajstić information content (AvgIpc) is 2.78. The van der Waals surface area contributed by atoms with Gasteiger partial charge in [0.25, 0.3) is 5.69 Å². The van der Waals surface area contributed by atoms with Gasteiger partial charge in [0, 0.05) is 25.7 Å². The summed E-state index contributed by atoms with van der Waals surface area (Å²) in [5.41, 5.74) is -0.385. The highest BCUT2D eigenvalue weighted by Crippen LogP contribution is 2.37. The monoisotopic (exact) mass is 369 g/mol. The Hall–Kier alpha value is -1.55. The van der Waals surface area contributed by atoms with E-state index in [9.17, 15) is 18.5 Å². The molecule has 1 aromatic rings. The van der Waals surface area contributed by atoms with E-state index in [-0.39, 0.29) is 34.7 Å². The Kier molecular flexibility index (Phi) is 4.84. The first-order valence-electron chi connectivity index (χ1n) is 8.38. The van der Waals surface area contributed by atoms with Crippen LogP contribution in [0.2, 0.25) is 0 Å². The minimum Gasteiger partial charge on any atom is -0.296 e. The van der Waals surface area contributed by atoms with Crippen LogP contribution in [0.25, 0.3) is 0 Å². The zero-order chi connectivity index (χ0) is 18.4. The lowest BCUT2D eigenvalue weighted by atomic mass is 9.94. The van der Waals surface area contributed by atoms with Crippen molar-refractivity contribution >= 4 is 15.7 Å². The largest absolute Gasteiger partial charge is 0.296 e. The van der Waals surface area contributed by atoms with E-state index in [4.69, 9.17) is 4.84 Å². The first-order chi connectivity index (χ1) is 11.7. The molecule has 0 N–H and O–H groups in total. The fourth-order valence-electron chi connectivity index (χ4n) is 3.92. The van der Waals surface area contributed by atoms with Gasteiger partial charge in [-0.05, 0) is 24.8 Å². The molecule has 0 saturated carbocycles. The summed E-state index contributed by atoms with van der Waals surface area (Å²) in [5.74, 6) is 0.0467. The number of nitro groups is 1. The Labute approximate surface area is 147 Å². The second kappa shape index (κ2) is 6.64. The summed E-state index contributed by atoms with van der Waals surface area (Å²) in [6.45, 7) is 4.24. The Balaban J connectivity index is 2.08. The minimum atomic E-state index is -3.99. The van der Waals surface area contributed by atoms with Crippen LogP contribution in [0.1, 0.15) is 26.7 Å². The third-order valence-electron chi connectivity index (χ3n) is 5.02. The number of hydroxylamine groups is 2. The summed E-state index contributed by atoms with van der Waals surface area (Å²) in [6, 6.07) is 5.17. The molecule has 2 bridgehead atoms. The van der Waals surface area contributed by atoms with Gasteiger partial charge in [-0.15, -0.1) is 0 Å². The first kappa shape index (κ1) is 18.2. The fraction of sp³-hybridized carbons (Fsp3) is 0.625. The van der Waals surface area contributed by atoms with Gasteiger partial charge in [0.2, 0.25) is 10.0 Å². The number of benzene rings is 1. The highest BCUT2D eigenvalue weighted by molar-refractivity contribution is 7.89. The molecule has 0 spiro atoms. The summed E-state index contributed by atoms with van der Waals surface area (Å²) >= 11 is 0. The number of fused-ring (bicyclic) bond motifs is 2. The number of hydrogen-bond acceptors (Lipinski definition) is 6. The zero-order valence-electron chi connectivity index (χ0n) is 14.5. The molecule has 3 atom stereocenters. The highest BCUT2D eigenvalue weighted by Gasteiger charge is 2.48. The normalized spacial score (nSPS) is 28.2. The fourth-order valence-corrected chi connectivity index (χ4v) is 5.88. The van der Waals surface area contributed by atoms with Crippen molar-refractivity contribution in [2.75, 3.05) is 13.6 Å². The molecule has 2 heterocycles. The number of nitro benzene ring substituents is 1. The van der Waals surface area contributed by atoms with Crippen molar-refractivity contribution in [2.24, 2.45) is 5.92 Å². The number of nitrogens with zero attached hydrogens (tertiary/aromatic N) is 3. The lowest BCUT2D eigenvalue weighted by molar-refractivity contribution is -0.387. The topological polar surface area (TPSA) is 93.0 Å². The SMILES string of the molecule is CC(C)C1C2CC(CCN1S(=O)(=O)c1ccccc1[N+](=O)[O-])ON2C. The molecule has 3 unspecified atom stereocenters. The van der Waals surface area contributed by atoms with Gasteiger partial charge in [-0.2, -0.15) is 9.37 Å². The Morgan fingerprint density at radius 3 is 2.64 bits per heavy atom. The standard InChI is InChI=1S/C16H23N3O5S/c1-11(2)16-14-10-12(24-17(14)3)8-9-18(16)25(22,23)15-7-5-4-6-13(15)19(20)21/h4-7,11-12,14,16H,8-10H2,1-3H3. The zero-order valence-corrected chi connectivity index (χ0v) is 15.3. The van der Waals surface area contributed by atoms with E-state index in [1.807, 2.05) is 20.9 Å². The maximum atomic E-state index is 13.3. The quantitative estimate of drug-likeness (QED) is 0.595. The van der Waals surface area contributed by atoms with Gasteiger partial charge in [-0.1, -0.05) is 26.0 Å². The van der Waals surface area contributed by atoms with Gasteiger partial charge in [0.15, 0.2) is 4.90 Å². The molecular formula is C16H23N3O5S. The lowest BCUT2D eigenvalue weighted by Crippen LogP contribution is -2.53. The third kappa shape index (κ3) is 3.17. The predicted octanol–water partition coefficient (Wildman–Crippen LogP) is 2.02. The van der Waals surface area contributed by atoms with Crippen LogP contribution in [0.4, 0.5) is 5.69 Å². The van der Waals surface area contributed by atoms with Crippen molar-refractivity contribution in [1.82, 2.24) is 9.37 Å². The molecule has 0 amide bonds. The number of hydrogen-bond donors (Lipinski definition) is 0. The number of likely N-dealkylation sites (N-methyl/N-ethyl adjacent to an activating group) is 1. The molecule has 2 aliphatic rings. The van der Waals surface area contributed by atoms with E-state index in [1.165, 1.54) is 28.6 Å². The van der Waals surface area contributed by atoms with E-state index in [0.717, 1.165) is 6.42 Å².